The van der Waals surface area contributed by atoms with Crippen molar-refractivity contribution in [3.05, 3.63) is 62.5 Å². The smallest absolute Gasteiger partial charge is 0.147 e. The van der Waals surface area contributed by atoms with Crippen LogP contribution in [0.1, 0.15) is 5.56 Å². The van der Waals surface area contributed by atoms with Crippen molar-refractivity contribution in [1.29, 1.82) is 0 Å². The van der Waals surface area contributed by atoms with Crippen molar-refractivity contribution in [2.24, 2.45) is 0 Å². The monoisotopic (exact) mass is 388 g/mol. The molecule has 2 aromatic carbocycles. The van der Waals surface area contributed by atoms with Crippen LogP contribution in [0.2, 0.25) is 10.0 Å². The topological polar surface area (TPSA) is 17.1 Å². The normalized spacial score (nSPS) is 10.6. The summed E-state index contributed by atoms with van der Waals surface area (Å²) < 4.78 is 1.03. The summed E-state index contributed by atoms with van der Waals surface area (Å²) in [5, 5.41) is 0.990. The molecule has 0 aromatic heterocycles. The molecule has 2 rings (SSSR count). The molecule has 0 N–H and O–H groups in total. The van der Waals surface area contributed by atoms with Crippen LogP contribution in [-0.4, -0.2) is 11.5 Å². The minimum Gasteiger partial charge on any atom is -0.298 e. The van der Waals surface area contributed by atoms with Gasteiger partial charge in [-0.2, -0.15) is 0 Å². The molecule has 2 aromatic rings. The molecule has 0 saturated heterocycles. The van der Waals surface area contributed by atoms with Gasteiger partial charge in [0.2, 0.25) is 0 Å². The highest BCUT2D eigenvalue weighted by Crippen LogP contribution is 2.24. The highest BCUT2D eigenvalue weighted by atomic mass is 79.9. The third-order valence-corrected chi connectivity index (χ3v) is 4.94. The first-order valence-electron chi connectivity index (χ1n) is 5.88. The van der Waals surface area contributed by atoms with Gasteiger partial charge in [-0.1, -0.05) is 45.2 Å². The van der Waals surface area contributed by atoms with E-state index in [4.69, 9.17) is 23.2 Å². The largest absolute Gasteiger partial charge is 0.298 e. The molecule has 0 aliphatic heterocycles. The number of ketones is 1. The predicted molar refractivity (Wildman–Crippen MR) is 90.0 cm³/mol. The summed E-state index contributed by atoms with van der Waals surface area (Å²) in [5.74, 6) is 0.610. The first-order chi connectivity index (χ1) is 9.54. The van der Waals surface area contributed by atoms with Crippen LogP contribution in [-0.2, 0) is 11.2 Å². The van der Waals surface area contributed by atoms with E-state index >= 15 is 0 Å². The Balaban J connectivity index is 1.89. The lowest BCUT2D eigenvalue weighted by Crippen LogP contribution is -2.05. The van der Waals surface area contributed by atoms with Crippen LogP contribution in [0.3, 0.4) is 0 Å². The third-order valence-electron chi connectivity index (χ3n) is 2.60. The lowest BCUT2D eigenvalue weighted by atomic mass is 10.1. The van der Waals surface area contributed by atoms with Crippen LogP contribution in [0, 0.1) is 0 Å². The van der Waals surface area contributed by atoms with Crippen LogP contribution >= 0.6 is 50.9 Å². The van der Waals surface area contributed by atoms with Crippen molar-refractivity contribution in [3.8, 4) is 0 Å². The van der Waals surface area contributed by atoms with Crippen molar-refractivity contribution in [1.82, 2.24) is 0 Å². The van der Waals surface area contributed by atoms with Crippen molar-refractivity contribution >= 4 is 56.7 Å². The van der Waals surface area contributed by atoms with Crippen molar-refractivity contribution in [2.45, 2.75) is 11.3 Å². The second-order valence-electron chi connectivity index (χ2n) is 4.21. The Bertz CT molecular complexity index is 614. The number of Topliss-reactive ketones (excluding diaryl/α,β-unsaturated/α-hetero) is 1. The van der Waals surface area contributed by atoms with Gasteiger partial charge in [0.15, 0.2) is 0 Å². The zero-order valence-electron chi connectivity index (χ0n) is 10.4. The minimum atomic E-state index is 0.163. The molecule has 1 nitrogen and oxygen atoms in total. The maximum Gasteiger partial charge on any atom is 0.147 e. The lowest BCUT2D eigenvalue weighted by Gasteiger charge is -2.04. The Morgan fingerprint density at radius 2 is 1.75 bits per heavy atom. The van der Waals surface area contributed by atoms with Gasteiger partial charge in [-0.05, 0) is 42.0 Å². The van der Waals surface area contributed by atoms with Crippen LogP contribution in [0.25, 0.3) is 0 Å². The van der Waals surface area contributed by atoms with Gasteiger partial charge in [0.25, 0.3) is 0 Å². The van der Waals surface area contributed by atoms with Gasteiger partial charge in [0.05, 0.1) is 15.8 Å². The van der Waals surface area contributed by atoms with E-state index in [1.807, 2.05) is 30.3 Å². The molecule has 0 heterocycles. The van der Waals surface area contributed by atoms with Gasteiger partial charge in [-0.15, -0.1) is 11.8 Å². The standard InChI is InChI=1S/C15H11BrCl2OS/c16-11-2-4-13(5-3-11)20-9-12(19)7-10-1-6-14(17)15(18)8-10/h1-6,8H,7,9H2. The highest BCUT2D eigenvalue weighted by molar-refractivity contribution is 9.10. The zero-order valence-corrected chi connectivity index (χ0v) is 14.3. The predicted octanol–water partition coefficient (Wildman–Crippen LogP) is 5.66. The fourth-order valence-electron chi connectivity index (χ4n) is 1.62. The van der Waals surface area contributed by atoms with E-state index in [2.05, 4.69) is 15.9 Å². The Kier molecular flexibility index (Phi) is 5.97. The summed E-state index contributed by atoms with van der Waals surface area (Å²) >= 11 is 16.7. The van der Waals surface area contributed by atoms with Gasteiger partial charge >= 0.3 is 0 Å². The van der Waals surface area contributed by atoms with Crippen molar-refractivity contribution < 1.29 is 4.79 Å². The van der Waals surface area contributed by atoms with E-state index in [-0.39, 0.29) is 5.78 Å². The summed E-state index contributed by atoms with van der Waals surface area (Å²) in [4.78, 5) is 13.0. The first kappa shape index (κ1) is 15.9. The molecule has 0 saturated carbocycles. The SMILES string of the molecule is O=C(CSc1ccc(Br)cc1)Cc1ccc(Cl)c(Cl)c1. The van der Waals surface area contributed by atoms with Gasteiger partial charge < -0.3 is 0 Å². The molecular weight excluding hydrogens is 379 g/mol. The lowest BCUT2D eigenvalue weighted by molar-refractivity contribution is -0.116. The maximum atomic E-state index is 11.9. The Labute approximate surface area is 140 Å². The molecule has 0 aliphatic rings. The Hall–Kier alpha value is -0.480. The number of rotatable bonds is 5. The summed E-state index contributed by atoms with van der Waals surface area (Å²) in [7, 11) is 0. The number of hydrogen-bond acceptors (Lipinski definition) is 2. The van der Waals surface area contributed by atoms with Crippen molar-refractivity contribution in [2.75, 3.05) is 5.75 Å². The molecule has 0 spiro atoms. The summed E-state index contributed by atoms with van der Waals surface area (Å²) in [6.07, 6.45) is 0.375. The highest BCUT2D eigenvalue weighted by Gasteiger charge is 2.07. The van der Waals surface area contributed by atoms with E-state index in [9.17, 15) is 4.79 Å². The van der Waals surface area contributed by atoms with Crippen LogP contribution in [0.15, 0.2) is 51.8 Å². The summed E-state index contributed by atoms with van der Waals surface area (Å²) in [5.41, 5.74) is 0.890. The molecule has 0 unspecified atom stereocenters. The maximum absolute atomic E-state index is 11.9. The summed E-state index contributed by atoms with van der Waals surface area (Å²) in [6, 6.07) is 13.2. The zero-order chi connectivity index (χ0) is 14.5. The molecule has 0 amide bonds. The molecule has 0 fully saturated rings. The van der Waals surface area contributed by atoms with Gasteiger partial charge in [-0.3, -0.25) is 4.79 Å². The molecule has 20 heavy (non-hydrogen) atoms. The van der Waals surface area contributed by atoms with Gasteiger partial charge in [0.1, 0.15) is 5.78 Å². The number of halogens is 3. The molecule has 0 atom stereocenters. The van der Waals surface area contributed by atoms with E-state index < -0.39 is 0 Å². The average molecular weight is 390 g/mol. The third kappa shape index (κ3) is 4.81. The van der Waals surface area contributed by atoms with Gasteiger partial charge in [0, 0.05) is 15.8 Å². The van der Waals surface area contributed by atoms with E-state index in [0.717, 1.165) is 14.9 Å². The molecular formula is C15H11BrCl2OS. The van der Waals surface area contributed by atoms with E-state index in [1.165, 1.54) is 11.8 Å². The number of benzene rings is 2. The average Bonchev–Trinajstić information content (AvgIpc) is 2.42. The van der Waals surface area contributed by atoms with Crippen LogP contribution < -0.4 is 0 Å². The molecule has 104 valence electrons. The summed E-state index contributed by atoms with van der Waals surface area (Å²) in [6.45, 7) is 0. The number of thioether (sulfide) groups is 1. The molecule has 0 aliphatic carbocycles. The second-order valence-corrected chi connectivity index (χ2v) is 6.99. The van der Waals surface area contributed by atoms with Crippen molar-refractivity contribution in [3.63, 3.8) is 0 Å². The van der Waals surface area contributed by atoms with Crippen LogP contribution in [0.4, 0.5) is 0 Å². The minimum absolute atomic E-state index is 0.163. The van der Waals surface area contributed by atoms with E-state index in [0.29, 0.717) is 22.2 Å². The fourth-order valence-corrected chi connectivity index (χ4v) is 2.97. The Morgan fingerprint density at radius 3 is 2.40 bits per heavy atom. The first-order valence-corrected chi connectivity index (χ1v) is 8.42. The fraction of sp³-hybridized carbons (Fsp3) is 0.133. The molecule has 5 heteroatoms. The van der Waals surface area contributed by atoms with E-state index in [1.54, 1.807) is 12.1 Å². The van der Waals surface area contributed by atoms with Crippen LogP contribution in [0.5, 0.6) is 0 Å². The van der Waals surface area contributed by atoms with Gasteiger partial charge in [-0.25, -0.2) is 0 Å². The molecule has 0 bridgehead atoms. The quantitative estimate of drug-likeness (QED) is 0.613. The number of carbonyl (C=O) groups excluding carboxylic acids is 1. The number of carbonyl (C=O) groups is 1. The second kappa shape index (κ2) is 7.51. The number of hydrogen-bond donors (Lipinski definition) is 0. The molecule has 0 radical (unpaired) electrons. The Morgan fingerprint density at radius 1 is 1.05 bits per heavy atom.